The molecule has 0 radical (unpaired) electrons. The Hall–Kier alpha value is 0.280. The predicted octanol–water partition coefficient (Wildman–Crippen LogP) is 2.70. The van der Waals surface area contributed by atoms with Crippen molar-refractivity contribution in [2.24, 2.45) is 0 Å². The Morgan fingerprint density at radius 2 is 1.21 bits per heavy atom. The van der Waals surface area contributed by atoms with Crippen LogP contribution in [-0.2, 0) is 0 Å². The number of nitrogens with zero attached hydrogens (tertiary/aromatic N) is 1. The van der Waals surface area contributed by atoms with Crippen LogP contribution in [0.2, 0.25) is 0 Å². The number of allylic oxidation sites excluding steroid dienone is 1. The Kier molecular flexibility index (Phi) is 15.1. The summed E-state index contributed by atoms with van der Waals surface area (Å²) in [4.78, 5) is 0. The minimum atomic E-state index is 0. The van der Waals surface area contributed by atoms with Crippen molar-refractivity contribution in [3.8, 4) is 0 Å². The van der Waals surface area contributed by atoms with Gasteiger partial charge in [0, 0.05) is 6.42 Å². The lowest BCUT2D eigenvalue weighted by atomic mass is 10.1. The molecule has 0 heterocycles. The zero-order valence-electron chi connectivity index (χ0n) is 13.4. The summed E-state index contributed by atoms with van der Waals surface area (Å²) in [5.74, 6) is 0. The molecule has 1 nitrogen and oxygen atoms in total. The van der Waals surface area contributed by atoms with E-state index in [4.69, 9.17) is 11.6 Å². The standard InChI is InChI=1S/C16H33ClN.ClH/c1-5-9-12-18(13-10-6-2,14-11-7-3)16(8-4)15-17;/h15H,5-14H2,1-4H3;1H/q+1;/p-1. The molecule has 0 aromatic rings. The fourth-order valence-electron chi connectivity index (χ4n) is 2.66. The van der Waals surface area contributed by atoms with Gasteiger partial charge in [0.15, 0.2) is 0 Å². The largest absolute Gasteiger partial charge is 1.00 e. The molecule has 19 heavy (non-hydrogen) atoms. The first-order valence-corrected chi connectivity index (χ1v) is 8.30. The fourth-order valence-corrected chi connectivity index (χ4v) is 3.03. The minimum absolute atomic E-state index is 0. The third-order valence-electron chi connectivity index (χ3n) is 3.92. The van der Waals surface area contributed by atoms with E-state index in [0.29, 0.717) is 0 Å². The van der Waals surface area contributed by atoms with Crippen molar-refractivity contribution < 1.29 is 16.9 Å². The highest BCUT2D eigenvalue weighted by Gasteiger charge is 2.29. The van der Waals surface area contributed by atoms with Gasteiger partial charge in [0.05, 0.1) is 25.2 Å². The van der Waals surface area contributed by atoms with Gasteiger partial charge in [-0.3, -0.25) is 4.48 Å². The first-order chi connectivity index (χ1) is 8.70. The fraction of sp³-hybridized carbons (Fsp3) is 0.875. The van der Waals surface area contributed by atoms with E-state index in [-0.39, 0.29) is 12.4 Å². The van der Waals surface area contributed by atoms with E-state index < -0.39 is 0 Å². The van der Waals surface area contributed by atoms with Crippen LogP contribution in [0.3, 0.4) is 0 Å². The van der Waals surface area contributed by atoms with Crippen molar-refractivity contribution in [1.29, 1.82) is 0 Å². The molecule has 0 unspecified atom stereocenters. The van der Waals surface area contributed by atoms with Gasteiger partial charge in [-0.05, 0) is 19.3 Å². The molecule has 0 N–H and O–H groups in total. The SMILES string of the molecule is CCCC[N+](CCCC)(CCCC)C(=CCl)CC.[Cl-]. The van der Waals surface area contributed by atoms with Crippen LogP contribution in [0.1, 0.15) is 72.6 Å². The summed E-state index contributed by atoms with van der Waals surface area (Å²) in [6.45, 7) is 12.9. The summed E-state index contributed by atoms with van der Waals surface area (Å²) in [6.07, 6.45) is 8.83. The van der Waals surface area contributed by atoms with Crippen LogP contribution >= 0.6 is 11.6 Å². The monoisotopic (exact) mass is 309 g/mol. The van der Waals surface area contributed by atoms with Gasteiger partial charge in [0.1, 0.15) is 5.70 Å². The van der Waals surface area contributed by atoms with Crippen LogP contribution in [0.4, 0.5) is 0 Å². The van der Waals surface area contributed by atoms with E-state index in [1.54, 1.807) is 0 Å². The third-order valence-corrected chi connectivity index (χ3v) is 4.17. The lowest BCUT2D eigenvalue weighted by Gasteiger charge is -2.40. The van der Waals surface area contributed by atoms with Gasteiger partial charge in [0.2, 0.25) is 0 Å². The molecular weight excluding hydrogens is 277 g/mol. The van der Waals surface area contributed by atoms with Gasteiger partial charge < -0.3 is 12.4 Å². The number of halogens is 2. The Labute approximate surface area is 132 Å². The van der Waals surface area contributed by atoms with Crippen LogP contribution in [-0.4, -0.2) is 24.1 Å². The molecule has 0 atom stereocenters. The molecule has 3 heteroatoms. The Bertz CT molecular complexity index is 205. The van der Waals surface area contributed by atoms with Crippen molar-refractivity contribution in [3.05, 3.63) is 11.2 Å². The maximum Gasteiger partial charge on any atom is 0.120 e. The molecule has 0 aromatic heterocycles. The van der Waals surface area contributed by atoms with Gasteiger partial charge in [0.25, 0.3) is 0 Å². The highest BCUT2D eigenvalue weighted by atomic mass is 35.5. The van der Waals surface area contributed by atoms with Crippen LogP contribution in [0, 0.1) is 0 Å². The molecule has 0 saturated heterocycles. The van der Waals surface area contributed by atoms with Crippen molar-refractivity contribution in [3.63, 3.8) is 0 Å². The van der Waals surface area contributed by atoms with Crippen molar-refractivity contribution in [2.75, 3.05) is 19.6 Å². The highest BCUT2D eigenvalue weighted by molar-refractivity contribution is 6.25. The van der Waals surface area contributed by atoms with E-state index in [2.05, 4.69) is 27.7 Å². The molecule has 0 rings (SSSR count). The van der Waals surface area contributed by atoms with Gasteiger partial charge in [-0.1, -0.05) is 58.6 Å². The van der Waals surface area contributed by atoms with E-state index in [1.165, 1.54) is 63.9 Å². The van der Waals surface area contributed by atoms with Crippen LogP contribution in [0.25, 0.3) is 0 Å². The summed E-state index contributed by atoms with van der Waals surface area (Å²) >= 11 is 6.11. The van der Waals surface area contributed by atoms with Gasteiger partial charge in [-0.2, -0.15) is 0 Å². The maximum atomic E-state index is 6.11. The number of unbranched alkanes of at least 4 members (excludes halogenated alkanes) is 3. The van der Waals surface area contributed by atoms with E-state index in [1.807, 2.05) is 5.54 Å². The first-order valence-electron chi connectivity index (χ1n) is 7.86. The zero-order valence-corrected chi connectivity index (χ0v) is 14.9. The second kappa shape index (κ2) is 13.3. The molecule has 0 saturated carbocycles. The van der Waals surface area contributed by atoms with Gasteiger partial charge in [-0.25, -0.2) is 0 Å². The van der Waals surface area contributed by atoms with Crippen molar-refractivity contribution >= 4 is 11.6 Å². The lowest BCUT2D eigenvalue weighted by Crippen LogP contribution is -3.00. The Morgan fingerprint density at radius 1 is 0.842 bits per heavy atom. The average molecular weight is 310 g/mol. The second-order valence-electron chi connectivity index (χ2n) is 5.33. The van der Waals surface area contributed by atoms with E-state index in [9.17, 15) is 0 Å². The second-order valence-corrected chi connectivity index (χ2v) is 5.55. The summed E-state index contributed by atoms with van der Waals surface area (Å²) in [6, 6.07) is 0. The molecule has 0 aliphatic heterocycles. The molecule has 0 bridgehead atoms. The number of hydrogen-bond acceptors (Lipinski definition) is 0. The smallest absolute Gasteiger partial charge is 0.120 e. The first kappa shape index (κ1) is 21.6. The number of quaternary nitrogens is 1. The predicted molar refractivity (Wildman–Crippen MR) is 83.8 cm³/mol. The summed E-state index contributed by atoms with van der Waals surface area (Å²) in [7, 11) is 0. The Balaban J connectivity index is 0. The topological polar surface area (TPSA) is 0 Å². The van der Waals surface area contributed by atoms with Crippen LogP contribution in [0.15, 0.2) is 11.2 Å². The van der Waals surface area contributed by atoms with Crippen LogP contribution < -0.4 is 12.4 Å². The van der Waals surface area contributed by atoms with Crippen molar-refractivity contribution in [1.82, 2.24) is 0 Å². The summed E-state index contributed by atoms with van der Waals surface area (Å²) in [5, 5.41) is 0. The van der Waals surface area contributed by atoms with Gasteiger partial charge in [-0.15, -0.1) is 0 Å². The van der Waals surface area contributed by atoms with E-state index in [0.717, 1.165) is 10.9 Å². The molecule has 0 amide bonds. The maximum absolute atomic E-state index is 6.11. The van der Waals surface area contributed by atoms with Gasteiger partial charge >= 0.3 is 0 Å². The molecule has 0 aliphatic rings. The summed E-state index contributed by atoms with van der Waals surface area (Å²) < 4.78 is 1.15. The molecular formula is C16H33Cl2N. The normalized spacial score (nSPS) is 12.4. The minimum Gasteiger partial charge on any atom is -1.00 e. The van der Waals surface area contributed by atoms with Crippen molar-refractivity contribution in [2.45, 2.75) is 72.6 Å². The Morgan fingerprint density at radius 3 is 1.42 bits per heavy atom. The van der Waals surface area contributed by atoms with E-state index >= 15 is 0 Å². The molecule has 0 fully saturated rings. The third kappa shape index (κ3) is 7.58. The molecule has 116 valence electrons. The highest BCUT2D eigenvalue weighted by Crippen LogP contribution is 2.25. The molecule has 0 aliphatic carbocycles. The lowest BCUT2D eigenvalue weighted by molar-refractivity contribution is -0.894. The quantitative estimate of drug-likeness (QED) is 0.515. The molecule has 0 aromatic carbocycles. The average Bonchev–Trinajstić information content (AvgIpc) is 2.41. The zero-order chi connectivity index (χ0) is 13.9. The molecule has 0 spiro atoms. The summed E-state index contributed by atoms with van der Waals surface area (Å²) in [5.41, 5.74) is 3.30. The number of rotatable bonds is 11. The van der Waals surface area contributed by atoms with Crippen LogP contribution in [0.5, 0.6) is 0 Å². The number of hydrogen-bond donors (Lipinski definition) is 0.